The number of ketones is 1. The number of aryl methyl sites for hydroxylation is 1. The van der Waals surface area contributed by atoms with E-state index in [2.05, 4.69) is 31.2 Å². The number of nitrogens with zero attached hydrogens (tertiary/aromatic N) is 1. The van der Waals surface area contributed by atoms with Crippen molar-refractivity contribution in [1.82, 2.24) is 4.90 Å². The van der Waals surface area contributed by atoms with Crippen molar-refractivity contribution in [3.8, 4) is 5.75 Å². The Morgan fingerprint density at radius 1 is 1.26 bits per heavy atom. The number of methoxy groups -OCH3 is 1. The van der Waals surface area contributed by atoms with E-state index >= 15 is 0 Å². The molecule has 3 aliphatic carbocycles. The highest BCUT2D eigenvalue weighted by Gasteiger charge is 2.56. The van der Waals surface area contributed by atoms with Crippen LogP contribution < -0.4 is 4.74 Å². The predicted octanol–water partition coefficient (Wildman–Crippen LogP) is 4.73. The summed E-state index contributed by atoms with van der Waals surface area (Å²) in [7, 11) is 5.75. The molecular weight excluding hydrogens is 334 g/mol. The minimum absolute atomic E-state index is 0.164. The van der Waals surface area contributed by atoms with E-state index < -0.39 is 0 Å². The lowest BCUT2D eigenvalue weighted by Crippen LogP contribution is -2.42. The molecule has 0 aromatic heterocycles. The first-order valence-electron chi connectivity index (χ1n) is 10.2. The normalized spacial score (nSPS) is 33.7. The third kappa shape index (κ3) is 3.01. The Kier molecular flexibility index (Phi) is 4.65. The fraction of sp³-hybridized carbons (Fsp3) is 0.542. The van der Waals surface area contributed by atoms with Gasteiger partial charge in [0.2, 0.25) is 0 Å². The highest BCUT2D eigenvalue weighted by atomic mass is 16.5. The molecule has 0 spiro atoms. The van der Waals surface area contributed by atoms with E-state index in [0.717, 1.165) is 37.0 Å². The lowest BCUT2D eigenvalue weighted by molar-refractivity contribution is -0.127. The maximum absolute atomic E-state index is 13.2. The van der Waals surface area contributed by atoms with Crippen molar-refractivity contribution in [2.45, 2.75) is 44.9 Å². The van der Waals surface area contributed by atoms with E-state index in [1.165, 1.54) is 17.5 Å². The fourth-order valence-corrected chi connectivity index (χ4v) is 5.84. The Morgan fingerprint density at radius 3 is 2.81 bits per heavy atom. The minimum Gasteiger partial charge on any atom is -0.497 e. The van der Waals surface area contributed by atoms with Crippen LogP contribution in [0.3, 0.4) is 0 Å². The van der Waals surface area contributed by atoms with Gasteiger partial charge in [-0.1, -0.05) is 19.1 Å². The first kappa shape index (κ1) is 18.3. The number of allylic oxidation sites excluding steroid dienone is 3. The number of ether oxygens (including phenoxy) is 1. The quantitative estimate of drug-likeness (QED) is 0.725. The molecule has 1 aromatic carbocycles. The summed E-state index contributed by atoms with van der Waals surface area (Å²) < 4.78 is 5.42. The highest BCUT2D eigenvalue weighted by molar-refractivity contribution is 6.02. The van der Waals surface area contributed by atoms with Crippen molar-refractivity contribution < 1.29 is 9.53 Å². The summed E-state index contributed by atoms with van der Waals surface area (Å²) >= 11 is 0. The molecule has 4 atom stereocenters. The topological polar surface area (TPSA) is 29.5 Å². The summed E-state index contributed by atoms with van der Waals surface area (Å²) in [4.78, 5) is 15.2. The number of benzene rings is 1. The van der Waals surface area contributed by atoms with Crippen LogP contribution in [0.15, 0.2) is 42.1 Å². The standard InChI is InChI=1S/C24H31NO2/c1-24-12-11-20-19-10-8-18(27-4)14-16(19)7-9-21(20)22(24)15-17(23(24)26)6-5-13-25(2)3/h5-6,8,10,13-14,20-22H,7,9,11-12,15H2,1-4H3. The number of hydrogen-bond donors (Lipinski definition) is 0. The molecule has 27 heavy (non-hydrogen) atoms. The molecule has 3 heteroatoms. The smallest absolute Gasteiger partial charge is 0.165 e. The van der Waals surface area contributed by atoms with Crippen LogP contribution in [0.4, 0.5) is 0 Å². The van der Waals surface area contributed by atoms with Gasteiger partial charge >= 0.3 is 0 Å². The maximum Gasteiger partial charge on any atom is 0.165 e. The molecule has 0 aliphatic heterocycles. The summed E-state index contributed by atoms with van der Waals surface area (Å²) in [6.07, 6.45) is 11.5. The largest absolute Gasteiger partial charge is 0.497 e. The lowest BCUT2D eigenvalue weighted by Gasteiger charge is -2.48. The second kappa shape index (κ2) is 6.85. The second-order valence-corrected chi connectivity index (χ2v) is 8.97. The summed E-state index contributed by atoms with van der Waals surface area (Å²) in [5, 5.41) is 0. The Morgan fingerprint density at radius 2 is 2.07 bits per heavy atom. The molecule has 0 radical (unpaired) electrons. The minimum atomic E-state index is -0.164. The number of carbonyl (C=O) groups is 1. The SMILES string of the molecule is COc1ccc2c(c1)CCC1C2CCC2(C)C(=O)C(=CC=CN(C)C)CC12. The number of carbonyl (C=O) groups excluding carboxylic acids is 1. The maximum atomic E-state index is 13.2. The van der Waals surface area contributed by atoms with Crippen molar-refractivity contribution in [2.24, 2.45) is 17.3 Å². The van der Waals surface area contributed by atoms with Crippen molar-refractivity contribution in [3.63, 3.8) is 0 Å². The van der Waals surface area contributed by atoms with Crippen LogP contribution in [0.1, 0.15) is 49.7 Å². The Hall–Kier alpha value is -2.03. The molecule has 3 nitrogen and oxygen atoms in total. The Balaban J connectivity index is 1.63. The number of Topliss-reactive ketones (excluding diaryl/α,β-unsaturated/α-hetero) is 1. The van der Waals surface area contributed by atoms with Gasteiger partial charge in [-0.05, 0) is 91.0 Å². The van der Waals surface area contributed by atoms with Crippen molar-refractivity contribution >= 4 is 5.78 Å². The summed E-state index contributed by atoms with van der Waals surface area (Å²) in [5.41, 5.74) is 3.82. The third-order valence-corrected chi connectivity index (χ3v) is 7.26. The van der Waals surface area contributed by atoms with Gasteiger partial charge in [0.15, 0.2) is 5.78 Å². The van der Waals surface area contributed by atoms with E-state index in [0.29, 0.717) is 23.5 Å². The Labute approximate surface area is 163 Å². The van der Waals surface area contributed by atoms with Gasteiger partial charge in [-0.15, -0.1) is 0 Å². The number of rotatable bonds is 3. The van der Waals surface area contributed by atoms with E-state index in [9.17, 15) is 4.79 Å². The van der Waals surface area contributed by atoms with Crippen LogP contribution in [-0.4, -0.2) is 31.9 Å². The number of fused-ring (bicyclic) bond motifs is 5. The zero-order valence-electron chi connectivity index (χ0n) is 17.0. The van der Waals surface area contributed by atoms with Crippen LogP contribution in [-0.2, 0) is 11.2 Å². The van der Waals surface area contributed by atoms with Gasteiger partial charge in [-0.2, -0.15) is 0 Å². The lowest BCUT2D eigenvalue weighted by atomic mass is 9.55. The van der Waals surface area contributed by atoms with Crippen LogP contribution in [0.2, 0.25) is 0 Å². The summed E-state index contributed by atoms with van der Waals surface area (Å²) in [6.45, 7) is 2.23. The number of hydrogen-bond acceptors (Lipinski definition) is 3. The van der Waals surface area contributed by atoms with Crippen molar-refractivity contribution in [3.05, 3.63) is 53.3 Å². The predicted molar refractivity (Wildman–Crippen MR) is 109 cm³/mol. The Bertz CT molecular complexity index is 807. The summed E-state index contributed by atoms with van der Waals surface area (Å²) in [6, 6.07) is 6.60. The molecule has 144 valence electrons. The molecule has 0 heterocycles. The first-order chi connectivity index (χ1) is 12.9. The molecule has 3 aliphatic rings. The van der Waals surface area contributed by atoms with Gasteiger partial charge in [0.25, 0.3) is 0 Å². The van der Waals surface area contributed by atoms with Crippen LogP contribution >= 0.6 is 0 Å². The monoisotopic (exact) mass is 365 g/mol. The molecular formula is C24H31NO2. The van der Waals surface area contributed by atoms with Gasteiger partial charge in [0.1, 0.15) is 5.75 Å². The zero-order valence-corrected chi connectivity index (χ0v) is 17.0. The highest BCUT2D eigenvalue weighted by Crippen LogP contribution is 2.60. The van der Waals surface area contributed by atoms with Crippen LogP contribution in [0.5, 0.6) is 5.75 Å². The molecule has 0 amide bonds. The van der Waals surface area contributed by atoms with Gasteiger partial charge in [-0.25, -0.2) is 0 Å². The fourth-order valence-electron chi connectivity index (χ4n) is 5.84. The average molecular weight is 366 g/mol. The van der Waals surface area contributed by atoms with Gasteiger partial charge < -0.3 is 9.64 Å². The van der Waals surface area contributed by atoms with Crippen LogP contribution in [0, 0.1) is 17.3 Å². The van der Waals surface area contributed by atoms with Gasteiger partial charge in [0.05, 0.1) is 7.11 Å². The van der Waals surface area contributed by atoms with E-state index in [1.54, 1.807) is 7.11 Å². The van der Waals surface area contributed by atoms with Crippen LogP contribution in [0.25, 0.3) is 0 Å². The van der Waals surface area contributed by atoms with E-state index in [1.807, 2.05) is 31.3 Å². The van der Waals surface area contributed by atoms with Crippen molar-refractivity contribution in [1.29, 1.82) is 0 Å². The molecule has 0 bridgehead atoms. The van der Waals surface area contributed by atoms with Crippen molar-refractivity contribution in [2.75, 3.05) is 21.2 Å². The van der Waals surface area contributed by atoms with E-state index in [-0.39, 0.29) is 5.41 Å². The summed E-state index contributed by atoms with van der Waals surface area (Å²) in [5.74, 6) is 3.06. The first-order valence-corrected chi connectivity index (χ1v) is 10.2. The molecule has 1 aromatic rings. The molecule has 2 fully saturated rings. The molecule has 4 unspecified atom stereocenters. The molecule has 4 rings (SSSR count). The average Bonchev–Trinajstić information content (AvgIpc) is 2.92. The molecule has 2 saturated carbocycles. The third-order valence-electron chi connectivity index (χ3n) is 7.26. The zero-order chi connectivity index (χ0) is 19.2. The van der Waals surface area contributed by atoms with Gasteiger partial charge in [-0.3, -0.25) is 4.79 Å². The van der Waals surface area contributed by atoms with E-state index in [4.69, 9.17) is 4.74 Å². The molecule has 0 N–H and O–H groups in total. The van der Waals surface area contributed by atoms with Gasteiger partial charge in [0, 0.05) is 19.5 Å². The molecule has 0 saturated heterocycles. The second-order valence-electron chi connectivity index (χ2n) is 8.97.